The van der Waals surface area contributed by atoms with Crippen LogP contribution in [0.3, 0.4) is 0 Å². The minimum absolute atomic E-state index is 0.00343. The van der Waals surface area contributed by atoms with Crippen molar-refractivity contribution in [1.82, 2.24) is 29.8 Å². The molecule has 1 N–H and O–H groups in total. The molecule has 3 aliphatic rings. The lowest BCUT2D eigenvalue weighted by molar-refractivity contribution is 0.0851. The maximum atomic E-state index is 12.6. The average molecular weight is 386 g/mol. The first-order valence-corrected chi connectivity index (χ1v) is 10.5. The molecule has 0 bridgehead atoms. The zero-order valence-corrected chi connectivity index (χ0v) is 16.8. The highest BCUT2D eigenvalue weighted by Gasteiger charge is 2.28. The minimum Gasteiger partial charge on any atom is -0.338 e. The fraction of sp³-hybridized carbons (Fsp3) is 0.750. The van der Waals surface area contributed by atoms with Gasteiger partial charge in [0.05, 0.1) is 18.8 Å². The van der Waals surface area contributed by atoms with E-state index in [1.54, 1.807) is 6.07 Å². The molecule has 8 nitrogen and oxygen atoms in total. The number of carbonyl (C=O) groups is 1. The number of nitriles is 1. The van der Waals surface area contributed by atoms with E-state index in [0.29, 0.717) is 31.2 Å². The molecule has 28 heavy (non-hydrogen) atoms. The van der Waals surface area contributed by atoms with Gasteiger partial charge in [0.2, 0.25) is 0 Å². The molecule has 3 aliphatic heterocycles. The van der Waals surface area contributed by atoms with E-state index in [1.165, 1.54) is 38.8 Å². The van der Waals surface area contributed by atoms with Crippen molar-refractivity contribution in [3.05, 3.63) is 17.5 Å². The highest BCUT2D eigenvalue weighted by Crippen LogP contribution is 2.23. The van der Waals surface area contributed by atoms with Gasteiger partial charge in [-0.2, -0.15) is 10.4 Å². The normalized spacial score (nSPS) is 22.6. The van der Waals surface area contributed by atoms with Crippen molar-refractivity contribution in [2.75, 3.05) is 46.3 Å². The Labute approximate surface area is 167 Å². The Morgan fingerprint density at radius 2 is 1.93 bits per heavy atom. The van der Waals surface area contributed by atoms with E-state index in [-0.39, 0.29) is 6.03 Å². The standard InChI is InChI=1S/C20H31N7O/c1-24-6-4-18(5-7-24)25-8-2-16(3-9-25)14-22-20(28)26-10-11-27-19(15-26)12-17(13-21)23-27/h12,16,18H,2-11,14-15H2,1H3,(H,22,28). The van der Waals surface area contributed by atoms with E-state index in [4.69, 9.17) is 5.26 Å². The molecule has 4 heterocycles. The first-order chi connectivity index (χ1) is 13.6. The van der Waals surface area contributed by atoms with Crippen LogP contribution in [0.5, 0.6) is 0 Å². The van der Waals surface area contributed by atoms with E-state index < -0.39 is 0 Å². The Hall–Kier alpha value is -2.11. The Balaban J connectivity index is 1.19. The van der Waals surface area contributed by atoms with E-state index in [1.807, 2.05) is 9.58 Å². The van der Waals surface area contributed by atoms with Crippen LogP contribution in [-0.4, -0.2) is 82.9 Å². The Bertz CT molecular complexity index is 723. The van der Waals surface area contributed by atoms with Gasteiger partial charge >= 0.3 is 6.03 Å². The number of urea groups is 1. The second-order valence-electron chi connectivity index (χ2n) is 8.48. The van der Waals surface area contributed by atoms with Gasteiger partial charge in [0.1, 0.15) is 6.07 Å². The maximum Gasteiger partial charge on any atom is 0.317 e. The molecule has 152 valence electrons. The van der Waals surface area contributed by atoms with Crippen LogP contribution < -0.4 is 5.32 Å². The topological polar surface area (TPSA) is 80.4 Å². The molecule has 0 saturated carbocycles. The third-order valence-corrected chi connectivity index (χ3v) is 6.60. The maximum absolute atomic E-state index is 12.6. The number of likely N-dealkylation sites (tertiary alicyclic amines) is 2. The van der Waals surface area contributed by atoms with Gasteiger partial charge in [0.25, 0.3) is 0 Å². The zero-order valence-electron chi connectivity index (χ0n) is 16.8. The summed E-state index contributed by atoms with van der Waals surface area (Å²) in [5, 5.41) is 16.3. The summed E-state index contributed by atoms with van der Waals surface area (Å²) in [6.45, 7) is 7.33. The summed E-state index contributed by atoms with van der Waals surface area (Å²) < 4.78 is 1.83. The number of hydrogen-bond acceptors (Lipinski definition) is 5. The van der Waals surface area contributed by atoms with Crippen molar-refractivity contribution < 1.29 is 4.79 Å². The molecule has 2 amide bonds. The number of carbonyl (C=O) groups excluding carboxylic acids is 1. The molecule has 8 heteroatoms. The van der Waals surface area contributed by atoms with E-state index in [0.717, 1.165) is 31.4 Å². The molecule has 0 aromatic carbocycles. The van der Waals surface area contributed by atoms with Crippen LogP contribution in [-0.2, 0) is 13.1 Å². The SMILES string of the molecule is CN1CCC(N2CCC(CNC(=O)N3CCn4nc(C#N)cc4C3)CC2)CC1. The van der Waals surface area contributed by atoms with Crippen molar-refractivity contribution in [3.8, 4) is 6.07 Å². The van der Waals surface area contributed by atoms with Gasteiger partial charge < -0.3 is 20.0 Å². The molecule has 0 spiro atoms. The molecule has 0 unspecified atom stereocenters. The van der Waals surface area contributed by atoms with Gasteiger partial charge in [-0.15, -0.1) is 0 Å². The Morgan fingerprint density at radius 1 is 1.18 bits per heavy atom. The number of nitrogens with zero attached hydrogens (tertiary/aromatic N) is 6. The van der Waals surface area contributed by atoms with Crippen molar-refractivity contribution in [2.45, 2.75) is 44.8 Å². The number of amides is 2. The summed E-state index contributed by atoms with van der Waals surface area (Å²) >= 11 is 0. The molecule has 2 saturated heterocycles. The van der Waals surface area contributed by atoms with Gasteiger partial charge in [0, 0.05) is 19.1 Å². The molecule has 4 rings (SSSR count). The van der Waals surface area contributed by atoms with Crippen LogP contribution in [0.15, 0.2) is 6.07 Å². The highest BCUT2D eigenvalue weighted by molar-refractivity contribution is 5.74. The summed E-state index contributed by atoms with van der Waals surface area (Å²) in [6.07, 6.45) is 4.92. The number of nitrogens with one attached hydrogen (secondary N) is 1. The average Bonchev–Trinajstić information content (AvgIpc) is 3.15. The molecule has 1 aromatic rings. The largest absolute Gasteiger partial charge is 0.338 e. The van der Waals surface area contributed by atoms with E-state index in [2.05, 4.69) is 33.3 Å². The monoisotopic (exact) mass is 385 g/mol. The Kier molecular flexibility index (Phi) is 5.83. The van der Waals surface area contributed by atoms with Crippen molar-refractivity contribution in [2.24, 2.45) is 5.92 Å². The van der Waals surface area contributed by atoms with Gasteiger partial charge in [0.15, 0.2) is 5.69 Å². The predicted octanol–water partition coefficient (Wildman–Crippen LogP) is 1.09. The first-order valence-electron chi connectivity index (χ1n) is 10.5. The summed E-state index contributed by atoms with van der Waals surface area (Å²) in [5.74, 6) is 0.576. The third kappa shape index (κ3) is 4.31. The lowest BCUT2D eigenvalue weighted by atomic mass is 9.93. The molecule has 0 radical (unpaired) electrons. The van der Waals surface area contributed by atoms with Crippen LogP contribution in [0.4, 0.5) is 4.79 Å². The number of hydrogen-bond donors (Lipinski definition) is 1. The van der Waals surface area contributed by atoms with Crippen LogP contribution in [0.25, 0.3) is 0 Å². The fourth-order valence-corrected chi connectivity index (χ4v) is 4.72. The number of rotatable bonds is 3. The quantitative estimate of drug-likeness (QED) is 0.842. The fourth-order valence-electron chi connectivity index (χ4n) is 4.72. The first kappa shape index (κ1) is 19.2. The van der Waals surface area contributed by atoms with Crippen LogP contribution in [0.2, 0.25) is 0 Å². The van der Waals surface area contributed by atoms with Gasteiger partial charge in [-0.1, -0.05) is 0 Å². The second-order valence-corrected chi connectivity index (χ2v) is 8.48. The molecule has 0 aliphatic carbocycles. The Morgan fingerprint density at radius 3 is 2.64 bits per heavy atom. The third-order valence-electron chi connectivity index (χ3n) is 6.60. The van der Waals surface area contributed by atoms with Gasteiger partial charge in [-0.25, -0.2) is 4.79 Å². The molecular weight excluding hydrogens is 354 g/mol. The van der Waals surface area contributed by atoms with Crippen LogP contribution in [0, 0.1) is 17.2 Å². The number of aromatic nitrogens is 2. The summed E-state index contributed by atoms with van der Waals surface area (Å²) in [5.41, 5.74) is 1.36. The number of piperidine rings is 2. The number of fused-ring (bicyclic) bond motifs is 1. The zero-order chi connectivity index (χ0) is 19.5. The predicted molar refractivity (Wildman–Crippen MR) is 106 cm³/mol. The molecule has 2 fully saturated rings. The summed E-state index contributed by atoms with van der Waals surface area (Å²) in [4.78, 5) is 19.5. The highest BCUT2D eigenvalue weighted by atomic mass is 16.2. The van der Waals surface area contributed by atoms with Crippen LogP contribution in [0.1, 0.15) is 37.1 Å². The van der Waals surface area contributed by atoms with E-state index in [9.17, 15) is 4.79 Å². The summed E-state index contributed by atoms with van der Waals surface area (Å²) in [7, 11) is 2.21. The van der Waals surface area contributed by atoms with Crippen molar-refractivity contribution in [3.63, 3.8) is 0 Å². The van der Waals surface area contributed by atoms with Gasteiger partial charge in [-0.05, 0) is 70.9 Å². The second kappa shape index (κ2) is 8.50. The van der Waals surface area contributed by atoms with Crippen LogP contribution >= 0.6 is 0 Å². The summed E-state index contributed by atoms with van der Waals surface area (Å²) in [6, 6.07) is 4.60. The lowest BCUT2D eigenvalue weighted by Crippen LogP contribution is -2.49. The lowest BCUT2D eigenvalue weighted by Gasteiger charge is -2.41. The van der Waals surface area contributed by atoms with Crippen molar-refractivity contribution in [1.29, 1.82) is 5.26 Å². The van der Waals surface area contributed by atoms with Crippen molar-refractivity contribution >= 4 is 6.03 Å². The molecule has 0 atom stereocenters. The smallest absolute Gasteiger partial charge is 0.317 e. The van der Waals surface area contributed by atoms with E-state index >= 15 is 0 Å². The minimum atomic E-state index is 0.00343. The van der Waals surface area contributed by atoms with Gasteiger partial charge in [-0.3, -0.25) is 4.68 Å². The molecule has 1 aromatic heterocycles. The molecular formula is C20H31N7O.